The summed E-state index contributed by atoms with van der Waals surface area (Å²) in [6, 6.07) is 14.6. The first-order valence-corrected chi connectivity index (χ1v) is 12.2. The Hall–Kier alpha value is -3.24. The molecule has 0 fully saturated rings. The Labute approximate surface area is 206 Å². The number of nitrogens with zero attached hydrogens (tertiary/aromatic N) is 1. The molecule has 3 aromatic carbocycles. The summed E-state index contributed by atoms with van der Waals surface area (Å²) >= 11 is 5.96. The normalized spacial score (nSPS) is 11.7. The first-order valence-electron chi connectivity index (χ1n) is 10.4. The van der Waals surface area contributed by atoms with E-state index in [9.17, 15) is 26.4 Å². The van der Waals surface area contributed by atoms with Gasteiger partial charge in [0.25, 0.3) is 10.0 Å². The predicted molar refractivity (Wildman–Crippen MR) is 128 cm³/mol. The number of alkyl halides is 3. The van der Waals surface area contributed by atoms with Crippen molar-refractivity contribution in [2.45, 2.75) is 24.9 Å². The SMILES string of the molecule is CCOc1ccc(S(=O)(=O)N(CC(=O)Nc2cc(C(F)(F)F)ccc2Cl)c2ccc(C)cc2)cc1. The van der Waals surface area contributed by atoms with Crippen molar-refractivity contribution >= 4 is 38.9 Å². The molecule has 0 aliphatic rings. The van der Waals surface area contributed by atoms with Gasteiger partial charge < -0.3 is 10.1 Å². The number of carbonyl (C=O) groups excluding carboxylic acids is 1. The van der Waals surface area contributed by atoms with E-state index in [4.69, 9.17) is 16.3 Å². The van der Waals surface area contributed by atoms with Crippen molar-refractivity contribution in [2.24, 2.45) is 0 Å². The maximum absolute atomic E-state index is 13.5. The van der Waals surface area contributed by atoms with Crippen molar-refractivity contribution in [3.05, 3.63) is 82.9 Å². The lowest BCUT2D eigenvalue weighted by Gasteiger charge is -2.24. The average molecular weight is 527 g/mol. The topological polar surface area (TPSA) is 75.7 Å². The largest absolute Gasteiger partial charge is 0.494 e. The number of halogens is 4. The van der Waals surface area contributed by atoms with Gasteiger partial charge in [0.1, 0.15) is 12.3 Å². The third kappa shape index (κ3) is 6.46. The van der Waals surface area contributed by atoms with Gasteiger partial charge >= 0.3 is 6.18 Å². The number of carbonyl (C=O) groups is 1. The lowest BCUT2D eigenvalue weighted by molar-refractivity contribution is -0.137. The molecule has 0 spiro atoms. The molecule has 0 atom stereocenters. The maximum Gasteiger partial charge on any atom is 0.416 e. The number of aryl methyl sites for hydroxylation is 1. The molecule has 1 N–H and O–H groups in total. The van der Waals surface area contributed by atoms with Crippen LogP contribution < -0.4 is 14.4 Å². The number of ether oxygens (including phenoxy) is 1. The number of sulfonamides is 1. The molecule has 0 unspecified atom stereocenters. The van der Waals surface area contributed by atoms with Crippen LogP contribution in [0, 0.1) is 6.92 Å². The molecule has 35 heavy (non-hydrogen) atoms. The van der Waals surface area contributed by atoms with E-state index in [0.29, 0.717) is 18.4 Å². The van der Waals surface area contributed by atoms with Gasteiger partial charge in [-0.3, -0.25) is 9.10 Å². The molecule has 0 saturated heterocycles. The van der Waals surface area contributed by atoms with Crippen LogP contribution in [0.3, 0.4) is 0 Å². The fraction of sp³-hybridized carbons (Fsp3) is 0.208. The zero-order valence-corrected chi connectivity index (χ0v) is 20.3. The Balaban J connectivity index is 1.94. The van der Waals surface area contributed by atoms with Crippen molar-refractivity contribution in [3.8, 4) is 5.75 Å². The van der Waals surface area contributed by atoms with E-state index in [1.165, 1.54) is 36.4 Å². The van der Waals surface area contributed by atoms with Gasteiger partial charge in [-0.1, -0.05) is 29.3 Å². The molecule has 0 bridgehead atoms. The number of benzene rings is 3. The zero-order valence-electron chi connectivity index (χ0n) is 18.8. The molecule has 6 nitrogen and oxygen atoms in total. The van der Waals surface area contributed by atoms with Crippen LogP contribution in [-0.2, 0) is 21.0 Å². The minimum absolute atomic E-state index is 0.0913. The number of nitrogens with one attached hydrogen (secondary N) is 1. The monoisotopic (exact) mass is 526 g/mol. The van der Waals surface area contributed by atoms with E-state index in [0.717, 1.165) is 22.0 Å². The van der Waals surface area contributed by atoms with Crippen LogP contribution in [0.15, 0.2) is 71.6 Å². The van der Waals surface area contributed by atoms with Gasteiger partial charge in [-0.25, -0.2) is 8.42 Å². The quantitative estimate of drug-likeness (QED) is 0.396. The molecule has 3 rings (SSSR count). The smallest absolute Gasteiger partial charge is 0.416 e. The Kier molecular flexibility index (Phi) is 7.97. The van der Waals surface area contributed by atoms with Gasteiger partial charge in [0.15, 0.2) is 0 Å². The Morgan fingerprint density at radius 3 is 2.23 bits per heavy atom. The minimum Gasteiger partial charge on any atom is -0.494 e. The predicted octanol–water partition coefficient (Wildman–Crippen LogP) is 5.90. The molecule has 3 aromatic rings. The van der Waals surface area contributed by atoms with E-state index in [2.05, 4.69) is 5.32 Å². The lowest BCUT2D eigenvalue weighted by atomic mass is 10.2. The van der Waals surface area contributed by atoms with Crippen LogP contribution in [0.2, 0.25) is 5.02 Å². The standard InChI is InChI=1S/C24H22ClF3N2O4S/c1-3-34-19-9-11-20(12-10-19)35(32,33)30(18-7-4-16(2)5-8-18)15-23(31)29-22-14-17(24(26,27)28)6-13-21(22)25/h4-14H,3,15H2,1-2H3,(H,29,31). The second-order valence-corrected chi connectivity index (χ2v) is 9.76. The van der Waals surface area contributed by atoms with Crippen LogP contribution in [0.1, 0.15) is 18.1 Å². The van der Waals surface area contributed by atoms with Gasteiger partial charge in [0.05, 0.1) is 33.5 Å². The molecule has 0 aromatic heterocycles. The van der Waals surface area contributed by atoms with Crippen LogP contribution in [0.4, 0.5) is 24.5 Å². The highest BCUT2D eigenvalue weighted by molar-refractivity contribution is 7.92. The third-order valence-corrected chi connectivity index (χ3v) is 7.02. The van der Waals surface area contributed by atoms with Crippen molar-refractivity contribution in [1.29, 1.82) is 0 Å². The summed E-state index contributed by atoms with van der Waals surface area (Å²) in [5.74, 6) is -0.397. The van der Waals surface area contributed by atoms with Gasteiger partial charge in [-0.2, -0.15) is 13.2 Å². The first-order chi connectivity index (χ1) is 16.4. The molecule has 186 valence electrons. The maximum atomic E-state index is 13.5. The highest BCUT2D eigenvalue weighted by Gasteiger charge is 2.32. The number of amides is 1. The molecular weight excluding hydrogens is 505 g/mol. The fourth-order valence-corrected chi connectivity index (χ4v) is 4.73. The number of rotatable bonds is 8. The van der Waals surface area contributed by atoms with Crippen molar-refractivity contribution in [1.82, 2.24) is 0 Å². The second kappa shape index (κ2) is 10.6. The minimum atomic E-state index is -4.64. The van der Waals surface area contributed by atoms with Crippen LogP contribution in [-0.4, -0.2) is 27.5 Å². The second-order valence-electron chi connectivity index (χ2n) is 7.49. The third-order valence-electron chi connectivity index (χ3n) is 4.90. The fourth-order valence-electron chi connectivity index (χ4n) is 3.15. The summed E-state index contributed by atoms with van der Waals surface area (Å²) in [6.07, 6.45) is -4.64. The molecule has 0 aliphatic heterocycles. The van der Waals surface area contributed by atoms with Crippen LogP contribution in [0.5, 0.6) is 5.75 Å². The highest BCUT2D eigenvalue weighted by atomic mass is 35.5. The van der Waals surface area contributed by atoms with E-state index in [-0.39, 0.29) is 21.3 Å². The summed E-state index contributed by atoms with van der Waals surface area (Å²) in [4.78, 5) is 12.7. The van der Waals surface area contributed by atoms with Gasteiger partial charge in [-0.15, -0.1) is 0 Å². The molecule has 1 amide bonds. The highest BCUT2D eigenvalue weighted by Crippen LogP contribution is 2.34. The van der Waals surface area contributed by atoms with Crippen LogP contribution >= 0.6 is 11.6 Å². The summed E-state index contributed by atoms with van der Waals surface area (Å²) in [6.45, 7) is 3.31. The van der Waals surface area contributed by atoms with E-state index in [1.807, 2.05) is 6.92 Å². The van der Waals surface area contributed by atoms with E-state index >= 15 is 0 Å². The summed E-state index contributed by atoms with van der Waals surface area (Å²) in [7, 11) is -4.22. The zero-order chi connectivity index (χ0) is 25.8. The summed E-state index contributed by atoms with van der Waals surface area (Å²) in [5, 5.41) is 2.16. The van der Waals surface area contributed by atoms with E-state index < -0.39 is 34.2 Å². The number of hydrogen-bond donors (Lipinski definition) is 1. The number of hydrogen-bond acceptors (Lipinski definition) is 4. The Morgan fingerprint density at radius 2 is 1.66 bits per heavy atom. The molecule has 0 aliphatic carbocycles. The molecule has 0 heterocycles. The summed E-state index contributed by atoms with van der Waals surface area (Å²) < 4.78 is 72.3. The van der Waals surface area contributed by atoms with Gasteiger partial charge in [-0.05, 0) is 68.4 Å². The Morgan fingerprint density at radius 1 is 1.03 bits per heavy atom. The van der Waals surface area contributed by atoms with Gasteiger partial charge in [0.2, 0.25) is 5.91 Å². The first kappa shape index (κ1) is 26.4. The van der Waals surface area contributed by atoms with E-state index in [1.54, 1.807) is 19.1 Å². The molecule has 11 heteroatoms. The Bertz CT molecular complexity index is 1300. The number of anilines is 2. The molecule has 0 saturated carbocycles. The van der Waals surface area contributed by atoms with Crippen molar-refractivity contribution < 1.29 is 31.1 Å². The average Bonchev–Trinajstić information content (AvgIpc) is 2.79. The van der Waals surface area contributed by atoms with Gasteiger partial charge in [0, 0.05) is 0 Å². The van der Waals surface area contributed by atoms with Crippen molar-refractivity contribution in [3.63, 3.8) is 0 Å². The van der Waals surface area contributed by atoms with Crippen molar-refractivity contribution in [2.75, 3.05) is 22.8 Å². The molecule has 0 radical (unpaired) electrons. The molecular formula is C24H22ClF3N2O4S. The van der Waals surface area contributed by atoms with Crippen LogP contribution in [0.25, 0.3) is 0 Å². The lowest BCUT2D eigenvalue weighted by Crippen LogP contribution is -2.38. The summed E-state index contributed by atoms with van der Waals surface area (Å²) in [5.41, 5.74) is -0.217.